The van der Waals surface area contributed by atoms with E-state index in [9.17, 15) is 4.79 Å². The van der Waals surface area contributed by atoms with Crippen molar-refractivity contribution in [2.75, 3.05) is 11.9 Å². The number of nitrogens with one attached hydrogen (secondary N) is 2. The number of hydrogen-bond acceptors (Lipinski definition) is 3. The molecule has 0 radical (unpaired) electrons. The summed E-state index contributed by atoms with van der Waals surface area (Å²) in [6.45, 7) is 0.911. The minimum atomic E-state index is -0.0817. The van der Waals surface area contributed by atoms with Crippen molar-refractivity contribution in [1.29, 1.82) is 0 Å². The number of aromatic nitrogens is 2. The van der Waals surface area contributed by atoms with Gasteiger partial charge in [0.05, 0.1) is 29.8 Å². The van der Waals surface area contributed by atoms with Crippen molar-refractivity contribution in [1.82, 2.24) is 15.1 Å². The van der Waals surface area contributed by atoms with Gasteiger partial charge in [-0.25, -0.2) is 4.68 Å². The maximum Gasteiger partial charge on any atom is 0.241 e. The predicted octanol–water partition coefficient (Wildman–Crippen LogP) is 2.33. The van der Waals surface area contributed by atoms with Crippen LogP contribution in [0, 0.1) is 0 Å². The smallest absolute Gasteiger partial charge is 0.241 e. The van der Waals surface area contributed by atoms with Crippen LogP contribution in [0.1, 0.15) is 12.8 Å². The lowest BCUT2D eigenvalue weighted by molar-refractivity contribution is -0.117. The summed E-state index contributed by atoms with van der Waals surface area (Å²) in [5.41, 5.74) is 1.64. The van der Waals surface area contributed by atoms with Gasteiger partial charge >= 0.3 is 0 Å². The van der Waals surface area contributed by atoms with E-state index in [0.717, 1.165) is 29.5 Å². The normalized spacial score (nSPS) is 18.1. The first-order chi connectivity index (χ1) is 9.74. The van der Waals surface area contributed by atoms with E-state index >= 15 is 0 Å². The van der Waals surface area contributed by atoms with Gasteiger partial charge in [-0.2, -0.15) is 5.10 Å². The Morgan fingerprint density at radius 2 is 2.30 bits per heavy atom. The molecule has 1 amide bonds. The maximum absolute atomic E-state index is 12.0. The number of carbonyl (C=O) groups excluding carboxylic acids is 1. The zero-order chi connectivity index (χ0) is 13.9. The van der Waals surface area contributed by atoms with Crippen LogP contribution in [-0.4, -0.2) is 28.3 Å². The molecule has 1 aliphatic heterocycles. The van der Waals surface area contributed by atoms with Crippen molar-refractivity contribution in [3.05, 3.63) is 41.1 Å². The summed E-state index contributed by atoms with van der Waals surface area (Å²) in [7, 11) is 0. The van der Waals surface area contributed by atoms with Gasteiger partial charge in [0.2, 0.25) is 5.91 Å². The molecule has 2 aromatic rings. The van der Waals surface area contributed by atoms with Crippen LogP contribution < -0.4 is 10.6 Å². The van der Waals surface area contributed by atoms with Gasteiger partial charge in [0.1, 0.15) is 0 Å². The molecule has 5 nitrogen and oxygen atoms in total. The van der Waals surface area contributed by atoms with Gasteiger partial charge in [0, 0.05) is 4.47 Å². The Morgan fingerprint density at radius 3 is 3.05 bits per heavy atom. The lowest BCUT2D eigenvalue weighted by atomic mass is 10.2. The predicted molar refractivity (Wildman–Crippen MR) is 80.9 cm³/mol. The van der Waals surface area contributed by atoms with Crippen LogP contribution >= 0.6 is 15.9 Å². The minimum Gasteiger partial charge on any atom is -0.322 e. The van der Waals surface area contributed by atoms with Gasteiger partial charge in [-0.3, -0.25) is 4.79 Å². The Bertz CT molecular complexity index is 619. The lowest BCUT2D eigenvalue weighted by Crippen LogP contribution is -2.35. The fourth-order valence-corrected chi connectivity index (χ4v) is 2.76. The van der Waals surface area contributed by atoms with E-state index in [1.165, 1.54) is 0 Å². The number of para-hydroxylation sites is 1. The first kappa shape index (κ1) is 13.3. The number of nitrogens with zero attached hydrogens (tertiary/aromatic N) is 2. The average Bonchev–Trinajstić information content (AvgIpc) is 3.10. The molecule has 1 saturated heterocycles. The van der Waals surface area contributed by atoms with Crippen molar-refractivity contribution in [2.45, 2.75) is 18.9 Å². The first-order valence-electron chi connectivity index (χ1n) is 6.58. The van der Waals surface area contributed by atoms with E-state index in [1.807, 2.05) is 30.5 Å². The molecule has 0 aliphatic carbocycles. The highest BCUT2D eigenvalue weighted by atomic mass is 79.9. The lowest BCUT2D eigenvalue weighted by Gasteiger charge is -2.09. The third kappa shape index (κ3) is 2.76. The molecule has 20 heavy (non-hydrogen) atoms. The molecule has 2 N–H and O–H groups in total. The Balaban J connectivity index is 1.74. The van der Waals surface area contributed by atoms with Gasteiger partial charge in [0.15, 0.2) is 0 Å². The minimum absolute atomic E-state index is 0.00850. The van der Waals surface area contributed by atoms with Crippen LogP contribution in [-0.2, 0) is 4.79 Å². The molecule has 2 heterocycles. The highest BCUT2D eigenvalue weighted by Crippen LogP contribution is 2.21. The number of anilines is 1. The SMILES string of the molecule is O=C(Nc1cnn(-c2ccccc2Br)c1)C1CCCN1. The second kappa shape index (κ2) is 5.76. The molecule has 1 fully saturated rings. The summed E-state index contributed by atoms with van der Waals surface area (Å²) in [6, 6.07) is 7.73. The third-order valence-corrected chi connectivity index (χ3v) is 4.00. The van der Waals surface area contributed by atoms with Crippen LogP contribution in [0.15, 0.2) is 41.1 Å². The van der Waals surface area contributed by atoms with Gasteiger partial charge in [-0.1, -0.05) is 12.1 Å². The second-order valence-corrected chi connectivity index (χ2v) is 5.62. The molecule has 0 spiro atoms. The average molecular weight is 335 g/mol. The van der Waals surface area contributed by atoms with Gasteiger partial charge in [0.25, 0.3) is 0 Å². The highest BCUT2D eigenvalue weighted by Gasteiger charge is 2.22. The Morgan fingerprint density at radius 1 is 1.45 bits per heavy atom. The quantitative estimate of drug-likeness (QED) is 0.905. The van der Waals surface area contributed by atoms with Crippen LogP contribution in [0.5, 0.6) is 0 Å². The molecular formula is C14H15BrN4O. The van der Waals surface area contributed by atoms with Gasteiger partial charge < -0.3 is 10.6 Å². The monoisotopic (exact) mass is 334 g/mol. The van der Waals surface area contributed by atoms with Crippen molar-refractivity contribution in [2.24, 2.45) is 0 Å². The maximum atomic E-state index is 12.0. The van der Waals surface area contributed by atoms with Crippen molar-refractivity contribution in [3.63, 3.8) is 0 Å². The molecular weight excluding hydrogens is 320 g/mol. The number of halogens is 1. The molecule has 104 valence electrons. The van der Waals surface area contributed by atoms with Crippen LogP contribution in [0.4, 0.5) is 5.69 Å². The van der Waals surface area contributed by atoms with Crippen molar-refractivity contribution >= 4 is 27.5 Å². The number of hydrogen-bond donors (Lipinski definition) is 2. The Kier molecular flexibility index (Phi) is 3.84. The van der Waals surface area contributed by atoms with Crippen LogP contribution in [0.25, 0.3) is 5.69 Å². The summed E-state index contributed by atoms with van der Waals surface area (Å²) >= 11 is 3.49. The van der Waals surface area contributed by atoms with E-state index in [4.69, 9.17) is 0 Å². The fraction of sp³-hybridized carbons (Fsp3) is 0.286. The molecule has 6 heteroatoms. The van der Waals surface area contributed by atoms with E-state index in [-0.39, 0.29) is 11.9 Å². The van der Waals surface area contributed by atoms with Gasteiger partial charge in [-0.15, -0.1) is 0 Å². The van der Waals surface area contributed by atoms with E-state index in [0.29, 0.717) is 5.69 Å². The van der Waals surface area contributed by atoms with Crippen LogP contribution in [0.2, 0.25) is 0 Å². The second-order valence-electron chi connectivity index (χ2n) is 4.76. The summed E-state index contributed by atoms with van der Waals surface area (Å²) in [5.74, 6) is 0.00850. The summed E-state index contributed by atoms with van der Waals surface area (Å²) in [6.07, 6.45) is 5.41. The Labute approximate surface area is 125 Å². The topological polar surface area (TPSA) is 59.0 Å². The third-order valence-electron chi connectivity index (χ3n) is 3.33. The molecule has 0 bridgehead atoms. The number of carbonyl (C=O) groups is 1. The molecule has 1 aromatic carbocycles. The summed E-state index contributed by atoms with van der Waals surface area (Å²) in [4.78, 5) is 12.0. The Hall–Kier alpha value is -1.66. The molecule has 1 unspecified atom stereocenters. The van der Waals surface area contributed by atoms with Gasteiger partial charge in [-0.05, 0) is 47.4 Å². The molecule has 0 saturated carbocycles. The largest absolute Gasteiger partial charge is 0.322 e. The zero-order valence-electron chi connectivity index (χ0n) is 10.8. The van der Waals surface area contributed by atoms with E-state index < -0.39 is 0 Å². The first-order valence-corrected chi connectivity index (χ1v) is 7.37. The summed E-state index contributed by atoms with van der Waals surface area (Å²) < 4.78 is 2.69. The zero-order valence-corrected chi connectivity index (χ0v) is 12.4. The fourth-order valence-electron chi connectivity index (χ4n) is 2.29. The van der Waals surface area contributed by atoms with E-state index in [1.54, 1.807) is 10.9 Å². The molecule has 1 atom stereocenters. The molecule has 1 aromatic heterocycles. The van der Waals surface area contributed by atoms with Crippen LogP contribution in [0.3, 0.4) is 0 Å². The molecule has 1 aliphatic rings. The number of benzene rings is 1. The standard InChI is InChI=1S/C14H15BrN4O/c15-11-4-1-2-6-13(11)19-9-10(8-17-19)18-14(20)12-5-3-7-16-12/h1-2,4,6,8-9,12,16H,3,5,7H2,(H,18,20). The number of rotatable bonds is 3. The van der Waals surface area contributed by atoms with Crippen molar-refractivity contribution < 1.29 is 4.79 Å². The highest BCUT2D eigenvalue weighted by molar-refractivity contribution is 9.10. The molecule has 3 rings (SSSR count). The number of amides is 1. The van der Waals surface area contributed by atoms with Crippen molar-refractivity contribution in [3.8, 4) is 5.69 Å². The van der Waals surface area contributed by atoms with E-state index in [2.05, 4.69) is 31.7 Å². The summed E-state index contributed by atoms with van der Waals surface area (Å²) in [5, 5.41) is 10.3.